The Balaban J connectivity index is 1.43. The van der Waals surface area contributed by atoms with Gasteiger partial charge in [0.25, 0.3) is 5.69 Å². The third-order valence-corrected chi connectivity index (χ3v) is 4.98. The van der Waals surface area contributed by atoms with Crippen molar-refractivity contribution in [2.45, 2.75) is 45.1 Å². The highest BCUT2D eigenvalue weighted by molar-refractivity contribution is 5.86. The lowest BCUT2D eigenvalue weighted by Crippen LogP contribution is -2.71. The fourth-order valence-corrected chi connectivity index (χ4v) is 3.67. The van der Waals surface area contributed by atoms with E-state index in [2.05, 4.69) is 0 Å². The van der Waals surface area contributed by atoms with E-state index in [1.807, 2.05) is 13.8 Å². The van der Waals surface area contributed by atoms with E-state index in [1.165, 1.54) is 18.2 Å². The molecular formula is C18H22N2O7. The van der Waals surface area contributed by atoms with Crippen LogP contribution in [0.3, 0.4) is 0 Å². The number of fused-ring (bicyclic) bond motifs is 1. The maximum atomic E-state index is 12.3. The van der Waals surface area contributed by atoms with Crippen LogP contribution in [-0.4, -0.2) is 46.9 Å². The van der Waals surface area contributed by atoms with Crippen LogP contribution in [0.5, 0.6) is 0 Å². The predicted octanol–water partition coefficient (Wildman–Crippen LogP) is 2.62. The number of nitro benzene ring substituents is 1. The molecule has 0 N–H and O–H groups in total. The average molecular weight is 378 g/mol. The molecule has 9 nitrogen and oxygen atoms in total. The van der Waals surface area contributed by atoms with Crippen molar-refractivity contribution in [2.24, 2.45) is 5.92 Å². The number of hydrogen-bond acceptors (Lipinski definition) is 7. The van der Waals surface area contributed by atoms with Crippen LogP contribution in [0.25, 0.3) is 0 Å². The maximum absolute atomic E-state index is 12.3. The van der Waals surface area contributed by atoms with Crippen molar-refractivity contribution >= 4 is 17.7 Å². The highest BCUT2D eigenvalue weighted by atomic mass is 16.7. The smallest absolute Gasteiger partial charge is 0.434 e. The first-order chi connectivity index (χ1) is 12.8. The van der Waals surface area contributed by atoms with Gasteiger partial charge in [-0.05, 0) is 32.8 Å². The van der Waals surface area contributed by atoms with Crippen molar-refractivity contribution in [3.05, 3.63) is 39.9 Å². The summed E-state index contributed by atoms with van der Waals surface area (Å²) in [4.78, 5) is 36.2. The van der Waals surface area contributed by atoms with Crippen LogP contribution in [0.2, 0.25) is 0 Å². The number of para-hydroxylation sites is 1. The normalized spacial score (nSPS) is 23.2. The number of benzene rings is 1. The van der Waals surface area contributed by atoms with Crippen molar-refractivity contribution in [3.8, 4) is 0 Å². The number of ether oxygens (including phenoxy) is 3. The highest BCUT2D eigenvalue weighted by Crippen LogP contribution is 2.41. The van der Waals surface area contributed by atoms with Gasteiger partial charge in [-0.15, -0.1) is 0 Å². The molecule has 0 aromatic heterocycles. The molecule has 1 unspecified atom stereocenters. The van der Waals surface area contributed by atoms with Crippen LogP contribution in [0.1, 0.15) is 32.3 Å². The Kier molecular flexibility index (Phi) is 5.31. The van der Waals surface area contributed by atoms with Crippen molar-refractivity contribution in [1.29, 1.82) is 0 Å². The van der Waals surface area contributed by atoms with E-state index in [4.69, 9.17) is 14.2 Å². The lowest BCUT2D eigenvalue weighted by molar-refractivity contribution is -0.385. The van der Waals surface area contributed by atoms with Gasteiger partial charge in [-0.2, -0.15) is 0 Å². The zero-order valence-electron chi connectivity index (χ0n) is 15.3. The van der Waals surface area contributed by atoms with E-state index in [-0.39, 0.29) is 42.3 Å². The molecule has 0 spiro atoms. The van der Waals surface area contributed by atoms with Crippen LogP contribution < -0.4 is 0 Å². The molecule has 2 aliphatic heterocycles. The SMILES string of the molecule is CC1(C)OCCC2[C@H](CCOC(=O)OCc3ccccc3[N+](=O)[O-])C(=O)N21. The molecule has 0 saturated carbocycles. The largest absolute Gasteiger partial charge is 0.508 e. The molecule has 1 amide bonds. The molecule has 0 aliphatic carbocycles. The average Bonchev–Trinajstić information content (AvgIpc) is 2.62. The van der Waals surface area contributed by atoms with Gasteiger partial charge in [0.2, 0.25) is 5.91 Å². The summed E-state index contributed by atoms with van der Waals surface area (Å²) in [6.07, 6.45) is 0.266. The molecule has 9 heteroatoms. The minimum Gasteiger partial charge on any atom is -0.434 e. The van der Waals surface area contributed by atoms with Crippen LogP contribution in [-0.2, 0) is 25.6 Å². The van der Waals surface area contributed by atoms with Gasteiger partial charge in [0.15, 0.2) is 0 Å². The standard InChI is InChI=1S/C18H22N2O7/c1-18(2)19-15(8-10-27-18)13(16(19)21)7-9-25-17(22)26-11-12-5-3-4-6-14(12)20(23)24/h3-6,13,15H,7-11H2,1-2H3/t13-,15?/m0/s1. The Bertz CT molecular complexity index is 749. The third-order valence-electron chi connectivity index (χ3n) is 4.98. The summed E-state index contributed by atoms with van der Waals surface area (Å²) >= 11 is 0. The maximum Gasteiger partial charge on any atom is 0.508 e. The van der Waals surface area contributed by atoms with Gasteiger partial charge in [-0.1, -0.05) is 12.1 Å². The second kappa shape index (κ2) is 7.51. The van der Waals surface area contributed by atoms with E-state index in [0.717, 1.165) is 6.42 Å². The summed E-state index contributed by atoms with van der Waals surface area (Å²) in [7, 11) is 0. The lowest BCUT2D eigenvalue weighted by Gasteiger charge is -2.57. The fraction of sp³-hybridized carbons (Fsp3) is 0.556. The van der Waals surface area contributed by atoms with Gasteiger partial charge in [0.1, 0.15) is 12.3 Å². The van der Waals surface area contributed by atoms with Crippen LogP contribution >= 0.6 is 0 Å². The molecule has 1 aromatic rings. The third kappa shape index (κ3) is 3.87. The number of amides is 1. The van der Waals surface area contributed by atoms with Crippen LogP contribution in [0.4, 0.5) is 10.5 Å². The van der Waals surface area contributed by atoms with Crippen molar-refractivity contribution in [1.82, 2.24) is 4.90 Å². The predicted molar refractivity (Wildman–Crippen MR) is 92.6 cm³/mol. The van der Waals surface area contributed by atoms with E-state index in [9.17, 15) is 19.7 Å². The first-order valence-electron chi connectivity index (χ1n) is 8.80. The summed E-state index contributed by atoms with van der Waals surface area (Å²) in [5.41, 5.74) is -0.429. The number of nitro groups is 1. The van der Waals surface area contributed by atoms with E-state index in [1.54, 1.807) is 11.0 Å². The Morgan fingerprint density at radius 3 is 2.85 bits per heavy atom. The second-order valence-corrected chi connectivity index (χ2v) is 7.03. The van der Waals surface area contributed by atoms with E-state index >= 15 is 0 Å². The summed E-state index contributed by atoms with van der Waals surface area (Å²) in [5, 5.41) is 10.9. The molecule has 1 aromatic carbocycles. The summed E-state index contributed by atoms with van der Waals surface area (Å²) in [6, 6.07) is 6.12. The monoisotopic (exact) mass is 378 g/mol. The minimum atomic E-state index is -0.913. The van der Waals surface area contributed by atoms with Crippen molar-refractivity contribution < 1.29 is 28.7 Å². The van der Waals surface area contributed by atoms with Gasteiger partial charge in [0, 0.05) is 12.1 Å². The van der Waals surface area contributed by atoms with Gasteiger partial charge >= 0.3 is 6.16 Å². The van der Waals surface area contributed by atoms with Crippen LogP contribution in [0.15, 0.2) is 24.3 Å². The highest BCUT2D eigenvalue weighted by Gasteiger charge is 2.55. The van der Waals surface area contributed by atoms with E-state index < -0.39 is 16.8 Å². The first-order valence-corrected chi connectivity index (χ1v) is 8.80. The summed E-state index contributed by atoms with van der Waals surface area (Å²) in [6.45, 7) is 4.13. The minimum absolute atomic E-state index is 0.00146. The van der Waals surface area contributed by atoms with Crippen molar-refractivity contribution in [2.75, 3.05) is 13.2 Å². The zero-order valence-corrected chi connectivity index (χ0v) is 15.3. The van der Waals surface area contributed by atoms with Gasteiger partial charge < -0.3 is 19.1 Å². The number of carbonyl (C=O) groups excluding carboxylic acids is 2. The van der Waals surface area contributed by atoms with Gasteiger partial charge in [-0.25, -0.2) is 4.79 Å². The van der Waals surface area contributed by atoms with E-state index in [0.29, 0.717) is 13.0 Å². The Morgan fingerprint density at radius 2 is 2.11 bits per heavy atom. The molecule has 2 fully saturated rings. The lowest BCUT2D eigenvalue weighted by atomic mass is 9.80. The van der Waals surface area contributed by atoms with Gasteiger partial charge in [0.05, 0.1) is 29.6 Å². The molecule has 146 valence electrons. The molecule has 2 aliphatic rings. The molecule has 2 saturated heterocycles. The Hall–Kier alpha value is -2.68. The topological polar surface area (TPSA) is 108 Å². The fourth-order valence-electron chi connectivity index (χ4n) is 3.67. The molecule has 0 radical (unpaired) electrons. The van der Waals surface area contributed by atoms with Crippen molar-refractivity contribution in [3.63, 3.8) is 0 Å². The number of nitrogens with zero attached hydrogens (tertiary/aromatic N) is 2. The number of rotatable bonds is 6. The molecular weight excluding hydrogens is 356 g/mol. The van der Waals surface area contributed by atoms with Gasteiger partial charge in [-0.3, -0.25) is 14.9 Å². The molecule has 2 heterocycles. The molecule has 3 rings (SSSR count). The molecule has 27 heavy (non-hydrogen) atoms. The molecule has 0 bridgehead atoms. The summed E-state index contributed by atoms with van der Waals surface area (Å²) in [5.74, 6) is -0.183. The Morgan fingerprint density at radius 1 is 1.37 bits per heavy atom. The Labute approximate surface area is 156 Å². The quantitative estimate of drug-likeness (QED) is 0.324. The van der Waals surface area contributed by atoms with Crippen LogP contribution in [0, 0.1) is 16.0 Å². The first kappa shape index (κ1) is 19.1. The summed E-state index contributed by atoms with van der Waals surface area (Å²) < 4.78 is 15.6. The number of β-lactam (4-membered cyclic amide) rings is 1. The zero-order chi connectivity index (χ0) is 19.6. The number of carbonyl (C=O) groups is 2. The molecule has 2 atom stereocenters. The second-order valence-electron chi connectivity index (χ2n) is 7.03. The number of hydrogen-bond donors (Lipinski definition) is 0.